The largest absolute Gasteiger partial charge is 0.299 e. The van der Waals surface area contributed by atoms with E-state index in [1.54, 1.807) is 25.1 Å². The summed E-state index contributed by atoms with van der Waals surface area (Å²) in [6.07, 6.45) is 1.32. The van der Waals surface area contributed by atoms with Gasteiger partial charge in [0.1, 0.15) is 11.0 Å². The topological polar surface area (TPSA) is 92.3 Å². The van der Waals surface area contributed by atoms with Gasteiger partial charge in [-0.3, -0.25) is 14.4 Å². The number of aryl methyl sites for hydroxylation is 1. The first-order valence-corrected chi connectivity index (χ1v) is 12.2. The summed E-state index contributed by atoms with van der Waals surface area (Å²) >= 11 is 7.41. The highest BCUT2D eigenvalue weighted by Gasteiger charge is 2.32. The Balaban J connectivity index is 1.88. The van der Waals surface area contributed by atoms with Crippen molar-refractivity contribution in [1.29, 1.82) is 0 Å². The normalized spacial score (nSPS) is 12.4. The van der Waals surface area contributed by atoms with Crippen LogP contribution in [-0.2, 0) is 14.8 Å². The molecule has 3 aromatic rings. The van der Waals surface area contributed by atoms with Crippen molar-refractivity contribution in [1.82, 2.24) is 10.2 Å². The molecule has 1 atom stereocenters. The molecule has 158 valence electrons. The van der Waals surface area contributed by atoms with Crippen LogP contribution < -0.4 is 9.62 Å². The van der Waals surface area contributed by atoms with E-state index in [0.29, 0.717) is 20.8 Å². The average Bonchev–Trinajstić information content (AvgIpc) is 3.16. The summed E-state index contributed by atoms with van der Waals surface area (Å²) in [4.78, 5) is 13.0. The number of rotatable bonds is 7. The molecule has 0 aliphatic heterocycles. The fraction of sp³-hybridized carbons (Fsp3) is 0.250. The molecular weight excluding hydrogens is 444 g/mol. The maximum absolute atomic E-state index is 13.0. The molecular formula is C20H21ClN4O3S2. The Morgan fingerprint density at radius 1 is 1.20 bits per heavy atom. The van der Waals surface area contributed by atoms with E-state index in [1.807, 2.05) is 37.3 Å². The van der Waals surface area contributed by atoms with Crippen LogP contribution in [0.4, 0.5) is 10.8 Å². The van der Waals surface area contributed by atoms with Crippen LogP contribution in [0.5, 0.6) is 0 Å². The first kappa shape index (κ1) is 22.2. The Bertz CT molecular complexity index is 1150. The Labute approximate surface area is 184 Å². The van der Waals surface area contributed by atoms with Crippen molar-refractivity contribution in [3.8, 4) is 10.6 Å². The lowest BCUT2D eigenvalue weighted by Crippen LogP contribution is -2.47. The molecule has 0 bridgehead atoms. The minimum atomic E-state index is -3.75. The van der Waals surface area contributed by atoms with Crippen molar-refractivity contribution in [2.45, 2.75) is 26.3 Å². The van der Waals surface area contributed by atoms with Gasteiger partial charge in [0.25, 0.3) is 0 Å². The van der Waals surface area contributed by atoms with Crippen molar-refractivity contribution >= 4 is 49.7 Å². The summed E-state index contributed by atoms with van der Waals surface area (Å²) < 4.78 is 26.2. The number of sulfonamides is 1. The maximum Gasteiger partial charge on any atom is 0.250 e. The third kappa shape index (κ3) is 4.97. The van der Waals surface area contributed by atoms with Crippen molar-refractivity contribution < 1.29 is 13.2 Å². The highest BCUT2D eigenvalue weighted by Crippen LogP contribution is 2.29. The SMILES string of the molecule is CC[C@H](C(=O)Nc1nnc(-c2ccccc2)s1)N(c1ccc(C)c(Cl)c1)S(C)(=O)=O. The molecule has 1 amide bonds. The number of hydrogen-bond acceptors (Lipinski definition) is 6. The molecule has 0 spiro atoms. The van der Waals surface area contributed by atoms with E-state index in [1.165, 1.54) is 11.3 Å². The zero-order chi connectivity index (χ0) is 21.9. The molecule has 10 heteroatoms. The number of aromatic nitrogens is 2. The quantitative estimate of drug-likeness (QED) is 0.561. The predicted octanol–water partition coefficient (Wildman–Crippen LogP) is 4.35. The van der Waals surface area contributed by atoms with Crippen LogP contribution in [0.25, 0.3) is 10.6 Å². The van der Waals surface area contributed by atoms with Crippen LogP contribution in [-0.4, -0.2) is 36.8 Å². The molecule has 0 saturated carbocycles. The molecule has 0 radical (unpaired) electrons. The average molecular weight is 465 g/mol. The number of nitrogens with zero attached hydrogens (tertiary/aromatic N) is 3. The zero-order valence-electron chi connectivity index (χ0n) is 16.7. The van der Waals surface area contributed by atoms with Gasteiger partial charge >= 0.3 is 0 Å². The van der Waals surface area contributed by atoms with E-state index >= 15 is 0 Å². The zero-order valence-corrected chi connectivity index (χ0v) is 19.1. The predicted molar refractivity (Wildman–Crippen MR) is 122 cm³/mol. The molecule has 2 aromatic carbocycles. The summed E-state index contributed by atoms with van der Waals surface area (Å²) in [6.45, 7) is 3.56. The van der Waals surface area contributed by atoms with Gasteiger partial charge in [-0.1, -0.05) is 66.3 Å². The van der Waals surface area contributed by atoms with Crippen LogP contribution in [0.3, 0.4) is 0 Å². The standard InChI is InChI=1S/C20H21ClN4O3S2/c1-4-17(25(30(3,27)28)15-11-10-13(2)16(21)12-15)18(26)22-20-24-23-19(29-20)14-8-6-5-7-9-14/h5-12,17H,4H2,1-3H3,(H,22,24,26)/t17-/m1/s1. The van der Waals surface area contributed by atoms with Crippen LogP contribution in [0.2, 0.25) is 5.02 Å². The smallest absolute Gasteiger partial charge is 0.250 e. The third-order valence-corrected chi connectivity index (χ3v) is 6.89. The molecule has 1 N–H and O–H groups in total. The number of amides is 1. The second-order valence-corrected chi connectivity index (χ2v) is 9.93. The van der Waals surface area contributed by atoms with Crippen LogP contribution in [0.15, 0.2) is 48.5 Å². The van der Waals surface area contributed by atoms with E-state index in [2.05, 4.69) is 15.5 Å². The van der Waals surface area contributed by atoms with Gasteiger partial charge in [0.15, 0.2) is 0 Å². The van der Waals surface area contributed by atoms with Gasteiger partial charge in [-0.15, -0.1) is 10.2 Å². The number of halogens is 1. The van der Waals surface area contributed by atoms with Crippen molar-refractivity contribution in [2.75, 3.05) is 15.9 Å². The second-order valence-electron chi connectivity index (χ2n) is 6.68. The van der Waals surface area contributed by atoms with Gasteiger partial charge < -0.3 is 0 Å². The van der Waals surface area contributed by atoms with Gasteiger partial charge in [0.05, 0.1) is 11.9 Å². The highest BCUT2D eigenvalue weighted by atomic mass is 35.5. The molecule has 30 heavy (non-hydrogen) atoms. The Morgan fingerprint density at radius 3 is 2.50 bits per heavy atom. The molecule has 3 rings (SSSR count). The summed E-state index contributed by atoms with van der Waals surface area (Å²) in [5.74, 6) is -0.490. The maximum atomic E-state index is 13.0. The molecule has 1 heterocycles. The van der Waals surface area contributed by atoms with Crippen molar-refractivity contribution in [2.24, 2.45) is 0 Å². The monoisotopic (exact) mass is 464 g/mol. The summed E-state index contributed by atoms with van der Waals surface area (Å²) in [7, 11) is -3.75. The number of anilines is 2. The first-order chi connectivity index (χ1) is 14.2. The van der Waals surface area contributed by atoms with Crippen LogP contribution >= 0.6 is 22.9 Å². The molecule has 0 fully saturated rings. The fourth-order valence-corrected chi connectivity index (χ4v) is 5.07. The number of carbonyl (C=O) groups is 1. The van der Waals surface area contributed by atoms with E-state index in [-0.39, 0.29) is 6.42 Å². The molecule has 0 aliphatic rings. The van der Waals surface area contributed by atoms with E-state index in [9.17, 15) is 13.2 Å². The van der Waals surface area contributed by atoms with Crippen molar-refractivity contribution in [3.05, 3.63) is 59.1 Å². The highest BCUT2D eigenvalue weighted by molar-refractivity contribution is 7.92. The number of nitrogens with one attached hydrogen (secondary N) is 1. The molecule has 1 aromatic heterocycles. The molecule has 0 unspecified atom stereocenters. The lowest BCUT2D eigenvalue weighted by atomic mass is 10.1. The molecule has 0 saturated heterocycles. The van der Waals surface area contributed by atoms with Gasteiger partial charge in [-0.2, -0.15) is 0 Å². The van der Waals surface area contributed by atoms with Gasteiger partial charge in [0.2, 0.25) is 21.1 Å². The van der Waals surface area contributed by atoms with Crippen LogP contribution in [0.1, 0.15) is 18.9 Å². The third-order valence-electron chi connectivity index (χ3n) is 4.42. The van der Waals surface area contributed by atoms with Gasteiger partial charge in [0, 0.05) is 10.6 Å². The van der Waals surface area contributed by atoms with Gasteiger partial charge in [-0.05, 0) is 31.0 Å². The second kappa shape index (κ2) is 9.11. The van der Waals surface area contributed by atoms with E-state index < -0.39 is 22.0 Å². The summed E-state index contributed by atoms with van der Waals surface area (Å²) in [5.41, 5.74) is 2.03. The first-order valence-electron chi connectivity index (χ1n) is 9.16. The lowest BCUT2D eigenvalue weighted by molar-refractivity contribution is -0.117. The van der Waals surface area contributed by atoms with Crippen LogP contribution in [0, 0.1) is 6.92 Å². The molecule has 7 nitrogen and oxygen atoms in total. The Morgan fingerprint density at radius 2 is 1.90 bits per heavy atom. The van der Waals surface area contributed by atoms with E-state index in [0.717, 1.165) is 21.7 Å². The summed E-state index contributed by atoms with van der Waals surface area (Å²) in [5, 5.41) is 12.2. The molecule has 0 aliphatic carbocycles. The minimum Gasteiger partial charge on any atom is -0.299 e. The lowest BCUT2D eigenvalue weighted by Gasteiger charge is -2.30. The number of hydrogen-bond donors (Lipinski definition) is 1. The van der Waals surface area contributed by atoms with Crippen molar-refractivity contribution in [3.63, 3.8) is 0 Å². The fourth-order valence-electron chi connectivity index (χ4n) is 2.94. The van der Waals surface area contributed by atoms with Gasteiger partial charge in [-0.25, -0.2) is 8.42 Å². The Hall–Kier alpha value is -2.49. The minimum absolute atomic E-state index is 0.259. The Kier molecular flexibility index (Phi) is 6.74. The number of benzene rings is 2. The number of carbonyl (C=O) groups excluding carboxylic acids is 1. The van der Waals surface area contributed by atoms with E-state index in [4.69, 9.17) is 11.6 Å². The summed E-state index contributed by atoms with van der Waals surface area (Å²) in [6, 6.07) is 13.4.